The summed E-state index contributed by atoms with van der Waals surface area (Å²) in [5.74, 6) is 0.444. The number of aliphatic imine (C=N–C) groups is 1. The first kappa shape index (κ1) is 22.5. The van der Waals surface area contributed by atoms with Crippen LogP contribution in [0.15, 0.2) is 29.3 Å². The van der Waals surface area contributed by atoms with Gasteiger partial charge in [-0.15, -0.1) is 0 Å². The average Bonchev–Trinajstić information content (AvgIpc) is 2.79. The van der Waals surface area contributed by atoms with Crippen molar-refractivity contribution in [2.24, 2.45) is 10.9 Å². The van der Waals surface area contributed by atoms with Crippen LogP contribution in [0.25, 0.3) is 0 Å². The lowest BCUT2D eigenvalue weighted by Crippen LogP contribution is -2.47. The number of nitrogens with zero attached hydrogens (tertiary/aromatic N) is 3. The quantitative estimate of drug-likeness (QED) is 0.432. The van der Waals surface area contributed by atoms with Crippen molar-refractivity contribution < 1.29 is 18.7 Å². The van der Waals surface area contributed by atoms with Crippen LogP contribution in [0.1, 0.15) is 31.4 Å². The van der Waals surface area contributed by atoms with Crippen LogP contribution in [0.2, 0.25) is 0 Å². The van der Waals surface area contributed by atoms with E-state index >= 15 is 0 Å². The molecule has 0 bridgehead atoms. The van der Waals surface area contributed by atoms with Gasteiger partial charge in [0.2, 0.25) is 0 Å². The van der Waals surface area contributed by atoms with Crippen molar-refractivity contribution in [2.45, 2.75) is 25.8 Å². The van der Waals surface area contributed by atoms with Gasteiger partial charge in [0.15, 0.2) is 5.96 Å². The highest BCUT2D eigenvalue weighted by Crippen LogP contribution is 2.24. The standard InChI is InChI=1S/C22H33FN4O3/c1-3-24-22(27-9-7-17(8-10-27)21(28)29-2)25-16-20(26-11-13-30-14-12-26)18-5-4-6-19(23)15-18/h4-6,15,17,20H,3,7-14,16H2,1-2H3,(H,24,25). The number of ether oxygens (including phenoxy) is 2. The van der Waals surface area contributed by atoms with E-state index in [-0.39, 0.29) is 23.7 Å². The van der Waals surface area contributed by atoms with Crippen molar-refractivity contribution in [1.82, 2.24) is 15.1 Å². The number of methoxy groups -OCH3 is 1. The fourth-order valence-electron chi connectivity index (χ4n) is 4.13. The lowest BCUT2D eigenvalue weighted by atomic mass is 9.97. The molecule has 2 fully saturated rings. The molecule has 7 nitrogen and oxygen atoms in total. The molecule has 166 valence electrons. The number of hydrogen-bond acceptors (Lipinski definition) is 5. The molecule has 30 heavy (non-hydrogen) atoms. The summed E-state index contributed by atoms with van der Waals surface area (Å²) in [4.78, 5) is 21.2. The molecule has 2 saturated heterocycles. The Labute approximate surface area is 178 Å². The minimum absolute atomic E-state index is 0.00846. The Bertz CT molecular complexity index is 716. The fraction of sp³-hybridized carbons (Fsp3) is 0.636. The number of esters is 1. The summed E-state index contributed by atoms with van der Waals surface area (Å²) in [7, 11) is 1.44. The highest BCUT2D eigenvalue weighted by atomic mass is 19.1. The van der Waals surface area contributed by atoms with Gasteiger partial charge in [-0.2, -0.15) is 0 Å². The number of likely N-dealkylation sites (tertiary alicyclic amines) is 1. The first-order valence-electron chi connectivity index (χ1n) is 10.8. The van der Waals surface area contributed by atoms with E-state index in [2.05, 4.69) is 15.1 Å². The van der Waals surface area contributed by atoms with Crippen LogP contribution in [0.5, 0.6) is 0 Å². The summed E-state index contributed by atoms with van der Waals surface area (Å²) in [5, 5.41) is 3.37. The highest BCUT2D eigenvalue weighted by molar-refractivity contribution is 5.80. The number of carbonyl (C=O) groups excluding carboxylic acids is 1. The molecule has 1 aromatic carbocycles. The first-order valence-corrected chi connectivity index (χ1v) is 10.8. The maximum Gasteiger partial charge on any atom is 0.308 e. The fourth-order valence-corrected chi connectivity index (χ4v) is 4.13. The molecular formula is C22H33FN4O3. The smallest absolute Gasteiger partial charge is 0.308 e. The zero-order chi connectivity index (χ0) is 21.3. The van der Waals surface area contributed by atoms with Crippen molar-refractivity contribution in [3.05, 3.63) is 35.6 Å². The molecule has 0 saturated carbocycles. The number of hydrogen-bond donors (Lipinski definition) is 1. The maximum atomic E-state index is 13.9. The van der Waals surface area contributed by atoms with Gasteiger partial charge in [0, 0.05) is 32.7 Å². The largest absolute Gasteiger partial charge is 0.469 e. The summed E-state index contributed by atoms with van der Waals surface area (Å²) in [6.45, 7) is 7.81. The molecule has 0 amide bonds. The highest BCUT2D eigenvalue weighted by Gasteiger charge is 2.28. The molecule has 0 aromatic heterocycles. The zero-order valence-electron chi connectivity index (χ0n) is 18.0. The third-order valence-electron chi connectivity index (χ3n) is 5.80. The van der Waals surface area contributed by atoms with Crippen molar-refractivity contribution in [1.29, 1.82) is 0 Å². The van der Waals surface area contributed by atoms with Crippen LogP contribution in [0, 0.1) is 11.7 Å². The van der Waals surface area contributed by atoms with Crippen LogP contribution >= 0.6 is 0 Å². The third kappa shape index (κ3) is 5.92. The average molecular weight is 421 g/mol. The molecule has 2 aliphatic rings. The van der Waals surface area contributed by atoms with Gasteiger partial charge >= 0.3 is 5.97 Å². The van der Waals surface area contributed by atoms with E-state index in [9.17, 15) is 9.18 Å². The summed E-state index contributed by atoms with van der Waals surface area (Å²) < 4.78 is 24.3. The summed E-state index contributed by atoms with van der Waals surface area (Å²) >= 11 is 0. The van der Waals surface area contributed by atoms with E-state index in [1.807, 2.05) is 13.0 Å². The van der Waals surface area contributed by atoms with Crippen LogP contribution in [0.3, 0.4) is 0 Å². The van der Waals surface area contributed by atoms with E-state index in [0.717, 1.165) is 57.1 Å². The lowest BCUT2D eigenvalue weighted by Gasteiger charge is -2.35. The van der Waals surface area contributed by atoms with Gasteiger partial charge in [-0.3, -0.25) is 14.7 Å². The van der Waals surface area contributed by atoms with Crippen molar-refractivity contribution in [3.63, 3.8) is 0 Å². The second-order valence-electron chi connectivity index (χ2n) is 7.70. The van der Waals surface area contributed by atoms with E-state index in [0.29, 0.717) is 19.8 Å². The van der Waals surface area contributed by atoms with Gasteiger partial charge in [0.1, 0.15) is 5.82 Å². The SMILES string of the molecule is CCNC(=NCC(c1cccc(F)c1)N1CCOCC1)N1CCC(C(=O)OC)CC1. The Balaban J connectivity index is 1.73. The predicted octanol–water partition coefficient (Wildman–Crippen LogP) is 2.05. The minimum atomic E-state index is -0.230. The molecular weight excluding hydrogens is 387 g/mol. The topological polar surface area (TPSA) is 66.4 Å². The van der Waals surface area contributed by atoms with Crippen LogP contribution < -0.4 is 5.32 Å². The number of piperidine rings is 1. The molecule has 0 radical (unpaired) electrons. The van der Waals surface area contributed by atoms with Gasteiger partial charge in [0.25, 0.3) is 0 Å². The number of rotatable bonds is 6. The Morgan fingerprint density at radius 3 is 2.67 bits per heavy atom. The molecule has 1 unspecified atom stereocenters. The van der Waals surface area contributed by atoms with E-state index in [4.69, 9.17) is 14.5 Å². The number of morpholine rings is 1. The lowest BCUT2D eigenvalue weighted by molar-refractivity contribution is -0.146. The molecule has 1 aromatic rings. The second-order valence-corrected chi connectivity index (χ2v) is 7.70. The molecule has 1 N–H and O–H groups in total. The summed E-state index contributed by atoms with van der Waals surface area (Å²) in [5.41, 5.74) is 0.931. The maximum absolute atomic E-state index is 13.9. The van der Waals surface area contributed by atoms with Gasteiger partial charge in [0.05, 0.1) is 38.8 Å². The van der Waals surface area contributed by atoms with Crippen molar-refractivity contribution in [3.8, 4) is 0 Å². The van der Waals surface area contributed by atoms with Crippen LogP contribution in [0.4, 0.5) is 4.39 Å². The van der Waals surface area contributed by atoms with Crippen molar-refractivity contribution in [2.75, 3.05) is 59.6 Å². The molecule has 8 heteroatoms. The Morgan fingerprint density at radius 1 is 1.30 bits per heavy atom. The van der Waals surface area contributed by atoms with Crippen molar-refractivity contribution >= 4 is 11.9 Å². The number of carbonyl (C=O) groups is 1. The number of benzene rings is 1. The molecule has 2 heterocycles. The van der Waals surface area contributed by atoms with Gasteiger partial charge in [-0.25, -0.2) is 4.39 Å². The summed E-state index contributed by atoms with van der Waals surface area (Å²) in [6.07, 6.45) is 1.52. The minimum Gasteiger partial charge on any atom is -0.469 e. The predicted molar refractivity (Wildman–Crippen MR) is 114 cm³/mol. The van der Waals surface area contributed by atoms with E-state index < -0.39 is 0 Å². The van der Waals surface area contributed by atoms with Crippen LogP contribution in [-0.2, 0) is 14.3 Å². The first-order chi connectivity index (χ1) is 14.6. The van der Waals surface area contributed by atoms with E-state index in [1.54, 1.807) is 12.1 Å². The van der Waals surface area contributed by atoms with Gasteiger partial charge in [-0.1, -0.05) is 12.1 Å². The monoisotopic (exact) mass is 420 g/mol. The number of nitrogens with one attached hydrogen (secondary N) is 1. The van der Waals surface area contributed by atoms with Gasteiger partial charge in [-0.05, 0) is 37.5 Å². The number of guanidine groups is 1. The Morgan fingerprint density at radius 2 is 2.03 bits per heavy atom. The Hall–Kier alpha value is -2.19. The molecule has 1 atom stereocenters. The Kier molecular flexibility index (Phi) is 8.45. The molecule has 0 aliphatic carbocycles. The molecule has 2 aliphatic heterocycles. The van der Waals surface area contributed by atoms with Gasteiger partial charge < -0.3 is 19.7 Å². The third-order valence-corrected chi connectivity index (χ3v) is 5.80. The zero-order valence-corrected chi connectivity index (χ0v) is 18.0. The van der Waals surface area contributed by atoms with E-state index in [1.165, 1.54) is 13.2 Å². The normalized spacial score (nSPS) is 20.1. The summed E-state index contributed by atoms with van der Waals surface area (Å²) in [6, 6.07) is 6.78. The molecule has 0 spiro atoms. The second kappa shape index (κ2) is 11.3. The molecule has 3 rings (SSSR count). The van der Waals surface area contributed by atoms with Crippen LogP contribution in [-0.4, -0.2) is 81.3 Å². The number of halogens is 1.